The fourth-order valence-corrected chi connectivity index (χ4v) is 3.06. The average Bonchev–Trinajstić information content (AvgIpc) is 2.70. The summed E-state index contributed by atoms with van der Waals surface area (Å²) in [4.78, 5) is 20.4. The molecule has 1 heterocycles. The molecule has 0 atom stereocenters. The first-order valence-electron chi connectivity index (χ1n) is 9.22. The molecule has 0 fully saturated rings. The van der Waals surface area contributed by atoms with Crippen LogP contribution in [0.2, 0.25) is 0 Å². The normalized spacial score (nSPS) is 11.1. The van der Waals surface area contributed by atoms with E-state index >= 15 is 0 Å². The number of nitrogens with one attached hydrogen (secondary N) is 1. The Morgan fingerprint density at radius 1 is 1.17 bits per heavy atom. The molecule has 0 bridgehead atoms. The van der Waals surface area contributed by atoms with Crippen molar-refractivity contribution in [1.29, 1.82) is 0 Å². The zero-order valence-electron chi connectivity index (χ0n) is 17.2. The zero-order valence-corrected chi connectivity index (χ0v) is 17.2. The van der Waals surface area contributed by atoms with E-state index in [0.717, 1.165) is 34.7 Å². The van der Waals surface area contributed by atoms with Gasteiger partial charge in [-0.3, -0.25) is 9.79 Å². The van der Waals surface area contributed by atoms with E-state index in [9.17, 15) is 13.6 Å². The summed E-state index contributed by atoms with van der Waals surface area (Å²) < 4.78 is 33.9. The monoisotopic (exact) mass is 412 g/mol. The number of aryl methyl sites for hydroxylation is 2. The van der Waals surface area contributed by atoms with Gasteiger partial charge in [0, 0.05) is 25.1 Å². The second-order valence-corrected chi connectivity index (χ2v) is 6.85. The minimum atomic E-state index is -0.937. The molecule has 30 heavy (non-hydrogen) atoms. The number of hydrogen-bond acceptors (Lipinski definition) is 5. The van der Waals surface area contributed by atoms with Crippen LogP contribution in [0, 0.1) is 25.5 Å². The minimum Gasteiger partial charge on any atom is -0.496 e. The Kier molecular flexibility index (Phi) is 6.25. The zero-order chi connectivity index (χ0) is 21.8. The van der Waals surface area contributed by atoms with Gasteiger partial charge in [0.05, 0.1) is 19.2 Å². The van der Waals surface area contributed by atoms with Crippen LogP contribution in [0.4, 0.5) is 20.4 Å². The molecule has 3 aromatic rings. The van der Waals surface area contributed by atoms with Crippen molar-refractivity contribution in [2.75, 3.05) is 19.5 Å². The number of ether oxygens (including phenoxy) is 1. The van der Waals surface area contributed by atoms with Crippen molar-refractivity contribution < 1.29 is 13.5 Å². The maximum absolute atomic E-state index is 13.7. The first-order chi connectivity index (χ1) is 14.3. The highest BCUT2D eigenvalue weighted by Crippen LogP contribution is 2.28. The molecule has 0 radical (unpaired) electrons. The fourth-order valence-electron chi connectivity index (χ4n) is 3.06. The van der Waals surface area contributed by atoms with Crippen molar-refractivity contribution in [2.24, 2.45) is 4.99 Å². The Morgan fingerprint density at radius 2 is 1.93 bits per heavy atom. The highest BCUT2D eigenvalue weighted by molar-refractivity contribution is 5.78. The molecule has 156 valence electrons. The van der Waals surface area contributed by atoms with Gasteiger partial charge in [-0.1, -0.05) is 6.07 Å². The van der Waals surface area contributed by atoms with E-state index in [1.807, 2.05) is 26.0 Å². The number of aliphatic imine (C=N–C) groups is 1. The minimum absolute atomic E-state index is 0.172. The van der Waals surface area contributed by atoms with Crippen LogP contribution in [0.3, 0.4) is 0 Å². The first-order valence-corrected chi connectivity index (χ1v) is 9.22. The summed E-state index contributed by atoms with van der Waals surface area (Å²) in [5, 5.41) is 3.17. The number of hydrogen-bond donors (Lipinski definition) is 1. The van der Waals surface area contributed by atoms with Crippen LogP contribution in [0.15, 0.2) is 46.3 Å². The van der Waals surface area contributed by atoms with Crippen molar-refractivity contribution in [1.82, 2.24) is 9.55 Å². The third-order valence-corrected chi connectivity index (χ3v) is 4.61. The molecule has 3 rings (SSSR count). The van der Waals surface area contributed by atoms with Crippen molar-refractivity contribution in [3.63, 3.8) is 0 Å². The molecule has 0 saturated carbocycles. The lowest BCUT2D eigenvalue weighted by molar-refractivity contribution is 0.411. The molecule has 2 aromatic carbocycles. The van der Waals surface area contributed by atoms with Crippen LogP contribution >= 0.6 is 0 Å². The molecule has 0 aliphatic carbocycles. The Morgan fingerprint density at radius 3 is 2.60 bits per heavy atom. The van der Waals surface area contributed by atoms with Gasteiger partial charge in [-0.25, -0.2) is 8.78 Å². The maximum Gasteiger partial charge on any atom is 0.283 e. The van der Waals surface area contributed by atoms with E-state index < -0.39 is 17.2 Å². The molecule has 1 aromatic heterocycles. The van der Waals surface area contributed by atoms with Crippen molar-refractivity contribution >= 4 is 17.9 Å². The second-order valence-electron chi connectivity index (χ2n) is 6.85. The third-order valence-electron chi connectivity index (χ3n) is 4.61. The SMILES string of the molecule is CN=Cc1cn(Cc2ccc(F)c(F)c2)c(Nc2cc(C)c(OC)cc2C)nc1=O. The standard InChI is InChI=1S/C22H22F2N4O2/c1-13-8-20(30-4)14(2)7-19(13)26-22-27-21(29)16(10-25-3)12-28(22)11-15-5-6-17(23)18(24)9-15/h5-10,12H,11H2,1-4H3,(H,26,27,29). The molecular weight excluding hydrogens is 390 g/mol. The van der Waals surface area contributed by atoms with Crippen LogP contribution < -0.4 is 15.6 Å². The molecule has 8 heteroatoms. The van der Waals surface area contributed by atoms with E-state index in [0.29, 0.717) is 5.56 Å². The summed E-state index contributed by atoms with van der Waals surface area (Å²) in [6, 6.07) is 7.45. The van der Waals surface area contributed by atoms with Gasteiger partial charge in [0.2, 0.25) is 5.95 Å². The molecule has 0 amide bonds. The lowest BCUT2D eigenvalue weighted by Crippen LogP contribution is -2.21. The predicted octanol–water partition coefficient (Wildman–Crippen LogP) is 3.99. The number of aromatic nitrogens is 2. The van der Waals surface area contributed by atoms with Crippen LogP contribution in [0.25, 0.3) is 0 Å². The molecule has 0 aliphatic rings. The Hall–Kier alpha value is -3.55. The third kappa shape index (κ3) is 4.53. The van der Waals surface area contributed by atoms with E-state index in [-0.39, 0.29) is 18.1 Å². The van der Waals surface area contributed by atoms with Gasteiger partial charge in [0.15, 0.2) is 11.6 Å². The quantitative estimate of drug-likeness (QED) is 0.622. The molecule has 0 aliphatic heterocycles. The Labute approximate surface area is 172 Å². The molecule has 0 saturated heterocycles. The van der Waals surface area contributed by atoms with Gasteiger partial charge >= 0.3 is 0 Å². The van der Waals surface area contributed by atoms with E-state index in [2.05, 4.69) is 15.3 Å². The lowest BCUT2D eigenvalue weighted by atomic mass is 10.1. The summed E-state index contributed by atoms with van der Waals surface area (Å²) in [7, 11) is 3.15. The van der Waals surface area contributed by atoms with Crippen LogP contribution in [0.1, 0.15) is 22.3 Å². The summed E-state index contributed by atoms with van der Waals surface area (Å²) in [6.45, 7) is 3.98. The van der Waals surface area contributed by atoms with Gasteiger partial charge in [0.25, 0.3) is 5.56 Å². The lowest BCUT2D eigenvalue weighted by Gasteiger charge is -2.17. The fraction of sp³-hybridized carbons (Fsp3) is 0.227. The number of rotatable bonds is 6. The Balaban J connectivity index is 2.06. The highest BCUT2D eigenvalue weighted by atomic mass is 19.2. The average molecular weight is 412 g/mol. The summed E-state index contributed by atoms with van der Waals surface area (Å²) in [5.41, 5.74) is 2.90. The number of halogens is 2. The van der Waals surface area contributed by atoms with E-state index in [4.69, 9.17) is 4.74 Å². The smallest absolute Gasteiger partial charge is 0.283 e. The molecule has 1 N–H and O–H groups in total. The predicted molar refractivity (Wildman–Crippen MR) is 113 cm³/mol. The topological polar surface area (TPSA) is 68.5 Å². The largest absolute Gasteiger partial charge is 0.496 e. The van der Waals surface area contributed by atoms with Gasteiger partial charge in [-0.15, -0.1) is 0 Å². The molecular formula is C22H22F2N4O2. The highest BCUT2D eigenvalue weighted by Gasteiger charge is 2.12. The van der Waals surface area contributed by atoms with Gasteiger partial charge in [-0.2, -0.15) is 4.98 Å². The maximum atomic E-state index is 13.7. The summed E-state index contributed by atoms with van der Waals surface area (Å²) >= 11 is 0. The van der Waals surface area contributed by atoms with Crippen LogP contribution in [-0.2, 0) is 6.54 Å². The van der Waals surface area contributed by atoms with Gasteiger partial charge < -0.3 is 14.6 Å². The number of nitrogens with zero attached hydrogens (tertiary/aromatic N) is 3. The number of anilines is 2. The summed E-state index contributed by atoms with van der Waals surface area (Å²) in [6.07, 6.45) is 2.99. The van der Waals surface area contributed by atoms with E-state index in [1.54, 1.807) is 24.9 Å². The molecule has 6 nitrogen and oxygen atoms in total. The van der Waals surface area contributed by atoms with Crippen molar-refractivity contribution in [2.45, 2.75) is 20.4 Å². The first kappa shape index (κ1) is 21.2. The van der Waals surface area contributed by atoms with E-state index in [1.165, 1.54) is 12.3 Å². The van der Waals surface area contributed by atoms with Crippen molar-refractivity contribution in [3.05, 3.63) is 80.8 Å². The van der Waals surface area contributed by atoms with Crippen LogP contribution in [0.5, 0.6) is 5.75 Å². The van der Waals surface area contributed by atoms with Gasteiger partial charge in [0.1, 0.15) is 5.75 Å². The van der Waals surface area contributed by atoms with Gasteiger partial charge in [-0.05, 0) is 54.8 Å². The number of benzene rings is 2. The number of methoxy groups -OCH3 is 1. The molecule has 0 unspecified atom stereocenters. The molecule has 0 spiro atoms. The van der Waals surface area contributed by atoms with Crippen molar-refractivity contribution in [3.8, 4) is 5.75 Å². The van der Waals surface area contributed by atoms with Crippen LogP contribution in [-0.4, -0.2) is 29.9 Å². The Bertz CT molecular complexity index is 1170. The summed E-state index contributed by atoms with van der Waals surface area (Å²) in [5.74, 6) is -0.836. The second kappa shape index (κ2) is 8.86.